The van der Waals surface area contributed by atoms with Gasteiger partial charge in [-0.2, -0.15) is 0 Å². The number of aromatic nitrogens is 1. The zero-order valence-electron chi connectivity index (χ0n) is 12.2. The van der Waals surface area contributed by atoms with Crippen molar-refractivity contribution in [2.24, 2.45) is 0 Å². The zero-order valence-corrected chi connectivity index (χ0v) is 13.0. The summed E-state index contributed by atoms with van der Waals surface area (Å²) in [7, 11) is 0. The predicted octanol–water partition coefficient (Wildman–Crippen LogP) is 3.45. The van der Waals surface area contributed by atoms with E-state index in [1.54, 1.807) is 12.3 Å². The number of nitrogens with zero attached hydrogens (tertiary/aromatic N) is 2. The van der Waals surface area contributed by atoms with Crippen molar-refractivity contribution in [3.8, 4) is 0 Å². The number of pyridine rings is 1. The predicted molar refractivity (Wildman–Crippen MR) is 88.2 cm³/mol. The molecule has 2 heterocycles. The van der Waals surface area contributed by atoms with Crippen LogP contribution in [-0.2, 0) is 0 Å². The highest BCUT2D eigenvalue weighted by Gasteiger charge is 2.25. The van der Waals surface area contributed by atoms with E-state index in [1.165, 1.54) is 6.20 Å². The molecule has 1 atom stereocenters. The summed E-state index contributed by atoms with van der Waals surface area (Å²) in [6.45, 7) is 1.46. The summed E-state index contributed by atoms with van der Waals surface area (Å²) < 4.78 is 0. The first-order valence-electron chi connectivity index (χ1n) is 7.44. The lowest BCUT2D eigenvalue weighted by Gasteiger charge is -2.34. The van der Waals surface area contributed by atoms with E-state index < -0.39 is 0 Å². The zero-order chi connectivity index (χ0) is 15.4. The molecule has 0 saturated carbocycles. The van der Waals surface area contributed by atoms with Gasteiger partial charge in [0.25, 0.3) is 5.91 Å². The van der Waals surface area contributed by atoms with E-state index in [-0.39, 0.29) is 11.9 Å². The molecule has 1 amide bonds. The van der Waals surface area contributed by atoms with Crippen molar-refractivity contribution in [2.75, 3.05) is 18.4 Å². The number of piperidine rings is 1. The van der Waals surface area contributed by atoms with Crippen LogP contribution in [0, 0.1) is 0 Å². The van der Waals surface area contributed by atoms with Crippen LogP contribution >= 0.6 is 11.6 Å². The van der Waals surface area contributed by atoms with Crippen LogP contribution in [-0.4, -0.2) is 34.9 Å². The molecule has 1 aliphatic heterocycles. The van der Waals surface area contributed by atoms with Gasteiger partial charge in [-0.1, -0.05) is 29.8 Å². The Balaban J connectivity index is 1.68. The molecular weight excluding hydrogens is 298 g/mol. The number of carbonyl (C=O) groups excluding carboxylic acids is 1. The monoisotopic (exact) mass is 315 g/mol. The summed E-state index contributed by atoms with van der Waals surface area (Å²) in [4.78, 5) is 18.4. The molecule has 5 heteroatoms. The molecule has 0 spiro atoms. The summed E-state index contributed by atoms with van der Waals surface area (Å²) in [6.07, 6.45) is 5.16. The van der Waals surface area contributed by atoms with Gasteiger partial charge in [0.1, 0.15) is 0 Å². The Morgan fingerprint density at radius 3 is 2.86 bits per heavy atom. The number of likely N-dealkylation sites (tertiary alicyclic amines) is 1. The average molecular weight is 316 g/mol. The molecular formula is C17H18ClN3O. The second-order valence-electron chi connectivity index (χ2n) is 5.46. The second kappa shape index (κ2) is 6.79. The van der Waals surface area contributed by atoms with Crippen LogP contribution in [0.1, 0.15) is 23.2 Å². The van der Waals surface area contributed by atoms with Gasteiger partial charge in [-0.3, -0.25) is 9.78 Å². The standard InChI is InChI=1S/C17H18ClN3O/c18-16-11-19-9-8-15(16)17(22)21-10-4-7-14(12-21)20-13-5-2-1-3-6-13/h1-3,5-6,8-9,11,14,20H,4,7,10,12H2. The smallest absolute Gasteiger partial charge is 0.255 e. The Hall–Kier alpha value is -2.07. The third-order valence-corrected chi connectivity index (χ3v) is 4.16. The minimum atomic E-state index is -0.0213. The molecule has 3 rings (SSSR count). The molecule has 1 fully saturated rings. The molecule has 1 aliphatic rings. The molecule has 2 aromatic rings. The van der Waals surface area contributed by atoms with Gasteiger partial charge in [0.2, 0.25) is 0 Å². The van der Waals surface area contributed by atoms with E-state index in [0.717, 1.165) is 25.1 Å². The summed E-state index contributed by atoms with van der Waals surface area (Å²) in [5.41, 5.74) is 1.61. The Morgan fingerprint density at radius 2 is 2.09 bits per heavy atom. The van der Waals surface area contributed by atoms with Gasteiger partial charge in [-0.15, -0.1) is 0 Å². The first-order chi connectivity index (χ1) is 10.7. The number of anilines is 1. The number of hydrogen-bond donors (Lipinski definition) is 1. The van der Waals surface area contributed by atoms with Crippen LogP contribution in [0.4, 0.5) is 5.69 Å². The van der Waals surface area contributed by atoms with Crippen molar-refractivity contribution in [1.29, 1.82) is 0 Å². The molecule has 1 saturated heterocycles. The van der Waals surface area contributed by atoms with Gasteiger partial charge in [0, 0.05) is 37.2 Å². The normalized spacial score (nSPS) is 18.0. The number of amides is 1. The fourth-order valence-electron chi connectivity index (χ4n) is 2.77. The van der Waals surface area contributed by atoms with Crippen molar-refractivity contribution in [3.05, 3.63) is 59.4 Å². The van der Waals surface area contributed by atoms with Crippen LogP contribution in [0.5, 0.6) is 0 Å². The van der Waals surface area contributed by atoms with Crippen LogP contribution in [0.25, 0.3) is 0 Å². The number of rotatable bonds is 3. The number of nitrogens with one attached hydrogen (secondary N) is 1. The number of hydrogen-bond acceptors (Lipinski definition) is 3. The van der Waals surface area contributed by atoms with E-state index >= 15 is 0 Å². The summed E-state index contributed by atoms with van der Waals surface area (Å²) >= 11 is 6.08. The number of para-hydroxylation sites is 1. The molecule has 114 valence electrons. The van der Waals surface area contributed by atoms with Gasteiger partial charge < -0.3 is 10.2 Å². The van der Waals surface area contributed by atoms with E-state index in [0.29, 0.717) is 17.1 Å². The molecule has 4 nitrogen and oxygen atoms in total. The lowest BCUT2D eigenvalue weighted by molar-refractivity contribution is 0.0715. The van der Waals surface area contributed by atoms with Gasteiger partial charge >= 0.3 is 0 Å². The van der Waals surface area contributed by atoms with Crippen molar-refractivity contribution >= 4 is 23.2 Å². The molecule has 22 heavy (non-hydrogen) atoms. The van der Waals surface area contributed by atoms with Crippen molar-refractivity contribution in [3.63, 3.8) is 0 Å². The summed E-state index contributed by atoms with van der Waals surface area (Å²) in [5, 5.41) is 3.90. The second-order valence-corrected chi connectivity index (χ2v) is 5.86. The molecule has 0 radical (unpaired) electrons. The quantitative estimate of drug-likeness (QED) is 0.943. The third kappa shape index (κ3) is 3.39. The van der Waals surface area contributed by atoms with Crippen LogP contribution in [0.15, 0.2) is 48.8 Å². The maximum absolute atomic E-state index is 12.6. The Bertz CT molecular complexity index is 647. The first kappa shape index (κ1) is 14.9. The van der Waals surface area contributed by atoms with Gasteiger partial charge in [-0.25, -0.2) is 0 Å². The molecule has 1 aromatic carbocycles. The van der Waals surface area contributed by atoms with Crippen LogP contribution in [0.3, 0.4) is 0 Å². The highest BCUT2D eigenvalue weighted by Crippen LogP contribution is 2.20. The Labute approximate surface area is 135 Å². The number of benzene rings is 1. The van der Waals surface area contributed by atoms with Crippen molar-refractivity contribution in [1.82, 2.24) is 9.88 Å². The fraction of sp³-hybridized carbons (Fsp3) is 0.294. The Morgan fingerprint density at radius 1 is 1.27 bits per heavy atom. The van der Waals surface area contributed by atoms with E-state index in [2.05, 4.69) is 10.3 Å². The van der Waals surface area contributed by atoms with Crippen LogP contribution in [0.2, 0.25) is 5.02 Å². The minimum Gasteiger partial charge on any atom is -0.381 e. The van der Waals surface area contributed by atoms with Gasteiger partial charge in [0.15, 0.2) is 0 Å². The summed E-state index contributed by atoms with van der Waals surface area (Å²) in [6, 6.07) is 12.0. The van der Waals surface area contributed by atoms with E-state index in [1.807, 2.05) is 35.2 Å². The van der Waals surface area contributed by atoms with Crippen molar-refractivity contribution in [2.45, 2.75) is 18.9 Å². The first-order valence-corrected chi connectivity index (χ1v) is 7.82. The third-order valence-electron chi connectivity index (χ3n) is 3.86. The number of carbonyl (C=O) groups is 1. The minimum absolute atomic E-state index is 0.0213. The molecule has 0 aliphatic carbocycles. The molecule has 1 aromatic heterocycles. The SMILES string of the molecule is O=C(c1ccncc1Cl)N1CCCC(Nc2ccccc2)C1. The van der Waals surface area contributed by atoms with Crippen molar-refractivity contribution < 1.29 is 4.79 Å². The maximum atomic E-state index is 12.6. The molecule has 1 N–H and O–H groups in total. The number of halogens is 1. The lowest BCUT2D eigenvalue weighted by atomic mass is 10.0. The molecule has 1 unspecified atom stereocenters. The van der Waals surface area contributed by atoms with Gasteiger partial charge in [0.05, 0.1) is 10.6 Å². The van der Waals surface area contributed by atoms with Gasteiger partial charge in [-0.05, 0) is 31.0 Å². The molecule has 0 bridgehead atoms. The maximum Gasteiger partial charge on any atom is 0.255 e. The highest BCUT2D eigenvalue weighted by atomic mass is 35.5. The van der Waals surface area contributed by atoms with E-state index in [9.17, 15) is 4.79 Å². The summed E-state index contributed by atoms with van der Waals surface area (Å²) in [5.74, 6) is -0.0213. The van der Waals surface area contributed by atoms with E-state index in [4.69, 9.17) is 11.6 Å². The highest BCUT2D eigenvalue weighted by molar-refractivity contribution is 6.33. The fourth-order valence-corrected chi connectivity index (χ4v) is 2.97. The lowest BCUT2D eigenvalue weighted by Crippen LogP contribution is -2.45. The largest absolute Gasteiger partial charge is 0.381 e. The van der Waals surface area contributed by atoms with Crippen LogP contribution < -0.4 is 5.32 Å². The average Bonchev–Trinajstić information content (AvgIpc) is 2.56. The Kier molecular flexibility index (Phi) is 4.59. The topological polar surface area (TPSA) is 45.2 Å².